The molecule has 1 aromatic rings. The Morgan fingerprint density at radius 2 is 1.97 bits per heavy atom. The third kappa shape index (κ3) is 6.38. The molecule has 0 bridgehead atoms. The zero-order valence-corrected chi connectivity index (χ0v) is 17.4. The Morgan fingerprint density at radius 3 is 2.59 bits per heavy atom. The van der Waals surface area contributed by atoms with Gasteiger partial charge in [0.1, 0.15) is 5.02 Å². The van der Waals surface area contributed by atoms with Crippen molar-refractivity contribution >= 4 is 39.2 Å². The van der Waals surface area contributed by atoms with E-state index in [4.69, 9.17) is 16.3 Å². The van der Waals surface area contributed by atoms with Crippen molar-refractivity contribution in [3.05, 3.63) is 33.3 Å². The molecule has 1 aromatic carbocycles. The van der Waals surface area contributed by atoms with E-state index in [0.29, 0.717) is 13.1 Å². The molecule has 0 aromatic heterocycles. The molecule has 1 amide bonds. The first-order valence-electron chi connectivity index (χ1n) is 9.03. The molecule has 1 N–H and O–H groups in total. The Bertz CT molecular complexity index is 885. The van der Waals surface area contributed by atoms with Crippen molar-refractivity contribution in [2.75, 3.05) is 19.6 Å². The summed E-state index contributed by atoms with van der Waals surface area (Å²) < 4.78 is 31.7. The third-order valence-corrected chi connectivity index (χ3v) is 6.15. The Hall–Kier alpha value is -2.24. The fourth-order valence-electron chi connectivity index (χ4n) is 2.85. The van der Waals surface area contributed by atoms with Crippen molar-refractivity contribution in [1.82, 2.24) is 9.62 Å². The summed E-state index contributed by atoms with van der Waals surface area (Å²) in [7, 11) is -4.09. The molecular formula is C17H22ClN3O7S. The number of rotatable bonds is 8. The molecule has 1 saturated heterocycles. The van der Waals surface area contributed by atoms with Crippen LogP contribution in [0.15, 0.2) is 23.1 Å². The number of carbonyl (C=O) groups is 2. The molecule has 29 heavy (non-hydrogen) atoms. The van der Waals surface area contributed by atoms with E-state index in [0.717, 1.165) is 37.5 Å². The number of halogens is 1. The van der Waals surface area contributed by atoms with Gasteiger partial charge in [0.05, 0.1) is 16.2 Å². The standard InChI is InChI=1S/C17H22ClN3O7S/c1-12(17(23)20-9-3-2-4-10-20)28-16(22)7-8-19-29(26,27)13-5-6-14(18)15(11-13)21(24)25/h5-6,11-12,19H,2-4,7-10H2,1H3/t12-/m0/s1. The highest BCUT2D eigenvalue weighted by Crippen LogP contribution is 2.26. The number of nitrogens with one attached hydrogen (secondary N) is 1. The second kappa shape index (κ2) is 9.99. The van der Waals surface area contributed by atoms with Gasteiger partial charge in [-0.25, -0.2) is 13.1 Å². The Labute approximate surface area is 173 Å². The molecule has 10 nitrogen and oxygen atoms in total. The maximum atomic E-state index is 12.2. The van der Waals surface area contributed by atoms with Crippen LogP contribution in [0.5, 0.6) is 0 Å². The summed E-state index contributed by atoms with van der Waals surface area (Å²) in [6, 6.07) is 3.06. The lowest BCUT2D eigenvalue weighted by Gasteiger charge is -2.28. The largest absolute Gasteiger partial charge is 0.452 e. The van der Waals surface area contributed by atoms with Crippen LogP contribution in [0, 0.1) is 10.1 Å². The minimum Gasteiger partial charge on any atom is -0.452 e. The lowest BCUT2D eigenvalue weighted by atomic mass is 10.1. The summed E-state index contributed by atoms with van der Waals surface area (Å²) in [4.78, 5) is 35.6. The lowest BCUT2D eigenvalue weighted by molar-refractivity contribution is -0.384. The molecule has 160 valence electrons. The van der Waals surface area contributed by atoms with Crippen molar-refractivity contribution in [2.45, 2.75) is 43.6 Å². The molecule has 12 heteroatoms. The van der Waals surface area contributed by atoms with Gasteiger partial charge in [-0.15, -0.1) is 0 Å². The highest BCUT2D eigenvalue weighted by molar-refractivity contribution is 7.89. The van der Waals surface area contributed by atoms with E-state index < -0.39 is 32.7 Å². The van der Waals surface area contributed by atoms with Crippen molar-refractivity contribution in [3.63, 3.8) is 0 Å². The minimum atomic E-state index is -4.09. The van der Waals surface area contributed by atoms with Crippen LogP contribution in [-0.4, -0.2) is 55.9 Å². The van der Waals surface area contributed by atoms with Gasteiger partial charge in [0.15, 0.2) is 6.10 Å². The molecule has 1 heterocycles. The van der Waals surface area contributed by atoms with Crippen LogP contribution < -0.4 is 4.72 Å². The summed E-state index contributed by atoms with van der Waals surface area (Å²) in [6.45, 7) is 2.45. The third-order valence-electron chi connectivity index (χ3n) is 4.37. The number of likely N-dealkylation sites (tertiary alicyclic amines) is 1. The number of nitrogens with zero attached hydrogens (tertiary/aromatic N) is 2. The first-order chi connectivity index (χ1) is 13.6. The molecule has 1 atom stereocenters. The van der Waals surface area contributed by atoms with Crippen LogP contribution in [-0.2, 0) is 24.3 Å². The smallest absolute Gasteiger partial charge is 0.307 e. The number of ether oxygens (including phenoxy) is 1. The van der Waals surface area contributed by atoms with Crippen LogP contribution in [0.25, 0.3) is 0 Å². The SMILES string of the molecule is C[C@H](OC(=O)CCNS(=O)(=O)c1ccc(Cl)c([N+](=O)[O-])c1)C(=O)N1CCCCC1. The van der Waals surface area contributed by atoms with E-state index >= 15 is 0 Å². The predicted molar refractivity (Wildman–Crippen MR) is 104 cm³/mol. The van der Waals surface area contributed by atoms with Crippen LogP contribution in [0.3, 0.4) is 0 Å². The number of hydrogen-bond acceptors (Lipinski definition) is 7. The summed E-state index contributed by atoms with van der Waals surface area (Å²) in [5, 5.41) is 10.7. The van der Waals surface area contributed by atoms with Crippen LogP contribution >= 0.6 is 11.6 Å². The summed E-state index contributed by atoms with van der Waals surface area (Å²) in [6.07, 6.45) is 1.64. The molecule has 0 unspecified atom stereocenters. The number of piperidine rings is 1. The summed E-state index contributed by atoms with van der Waals surface area (Å²) in [5.41, 5.74) is -0.543. The van der Waals surface area contributed by atoms with E-state index in [1.807, 2.05) is 0 Å². The number of nitro benzene ring substituents is 1. The number of sulfonamides is 1. The van der Waals surface area contributed by atoms with Gasteiger partial charge in [-0.3, -0.25) is 19.7 Å². The van der Waals surface area contributed by atoms with Crippen molar-refractivity contribution in [3.8, 4) is 0 Å². The average molecular weight is 448 g/mol. The normalized spacial score (nSPS) is 15.6. The van der Waals surface area contributed by atoms with Crippen molar-refractivity contribution < 1.29 is 27.7 Å². The number of hydrogen-bond donors (Lipinski definition) is 1. The quantitative estimate of drug-likeness (QED) is 0.365. The number of amides is 1. The van der Waals surface area contributed by atoms with Crippen molar-refractivity contribution in [2.24, 2.45) is 0 Å². The zero-order valence-electron chi connectivity index (χ0n) is 15.8. The highest BCUT2D eigenvalue weighted by Gasteiger charge is 2.25. The Balaban J connectivity index is 1.86. The number of nitro groups is 1. The van der Waals surface area contributed by atoms with E-state index in [1.54, 1.807) is 4.90 Å². The first kappa shape index (κ1) is 23.0. The van der Waals surface area contributed by atoms with Gasteiger partial charge >= 0.3 is 5.97 Å². The molecule has 0 radical (unpaired) electrons. The van der Waals surface area contributed by atoms with Gasteiger partial charge in [0.2, 0.25) is 10.0 Å². The van der Waals surface area contributed by atoms with Crippen LogP contribution in [0.4, 0.5) is 5.69 Å². The van der Waals surface area contributed by atoms with Crippen molar-refractivity contribution in [1.29, 1.82) is 0 Å². The maximum absolute atomic E-state index is 12.2. The number of esters is 1. The number of carbonyl (C=O) groups excluding carboxylic acids is 2. The molecule has 0 spiro atoms. The monoisotopic (exact) mass is 447 g/mol. The molecule has 1 aliphatic heterocycles. The van der Waals surface area contributed by atoms with Crippen LogP contribution in [0.2, 0.25) is 5.02 Å². The Morgan fingerprint density at radius 1 is 1.31 bits per heavy atom. The molecule has 0 aliphatic carbocycles. The van der Waals surface area contributed by atoms with E-state index in [-0.39, 0.29) is 28.8 Å². The molecular weight excluding hydrogens is 426 g/mol. The zero-order chi connectivity index (χ0) is 21.6. The molecule has 1 aliphatic rings. The van der Waals surface area contributed by atoms with Gasteiger partial charge in [0, 0.05) is 25.7 Å². The maximum Gasteiger partial charge on any atom is 0.307 e. The minimum absolute atomic E-state index is 0.190. The molecule has 2 rings (SSSR count). The van der Waals surface area contributed by atoms with Gasteiger partial charge < -0.3 is 9.64 Å². The number of benzene rings is 1. The summed E-state index contributed by atoms with van der Waals surface area (Å²) in [5.74, 6) is -1.00. The topological polar surface area (TPSA) is 136 Å². The van der Waals surface area contributed by atoms with Gasteiger partial charge in [0.25, 0.3) is 11.6 Å². The second-order valence-corrected chi connectivity index (χ2v) is 8.71. The van der Waals surface area contributed by atoms with Gasteiger partial charge in [-0.1, -0.05) is 11.6 Å². The molecule has 0 saturated carbocycles. The predicted octanol–water partition coefficient (Wildman–Crippen LogP) is 1.86. The summed E-state index contributed by atoms with van der Waals surface area (Å²) >= 11 is 5.67. The van der Waals surface area contributed by atoms with E-state index in [2.05, 4.69) is 4.72 Å². The van der Waals surface area contributed by atoms with Gasteiger partial charge in [-0.2, -0.15) is 0 Å². The van der Waals surface area contributed by atoms with Gasteiger partial charge in [-0.05, 0) is 38.3 Å². The first-order valence-corrected chi connectivity index (χ1v) is 10.9. The van der Waals surface area contributed by atoms with Crippen LogP contribution in [0.1, 0.15) is 32.6 Å². The fourth-order valence-corrected chi connectivity index (χ4v) is 4.09. The lowest BCUT2D eigenvalue weighted by Crippen LogP contribution is -2.42. The second-order valence-electron chi connectivity index (χ2n) is 6.54. The highest BCUT2D eigenvalue weighted by atomic mass is 35.5. The van der Waals surface area contributed by atoms with E-state index in [9.17, 15) is 28.1 Å². The molecule has 1 fully saturated rings. The fraction of sp³-hybridized carbons (Fsp3) is 0.529. The van der Waals surface area contributed by atoms with E-state index in [1.165, 1.54) is 6.92 Å². The average Bonchev–Trinajstić information content (AvgIpc) is 2.67. The Kier molecular flexibility index (Phi) is 7.94.